The molecule has 0 atom stereocenters. The predicted octanol–water partition coefficient (Wildman–Crippen LogP) is 0.742. The van der Waals surface area contributed by atoms with Crippen LogP contribution >= 0.6 is 0 Å². The van der Waals surface area contributed by atoms with Gasteiger partial charge in [0, 0.05) is 25.5 Å². The van der Waals surface area contributed by atoms with Crippen molar-refractivity contribution in [2.45, 2.75) is 12.8 Å². The van der Waals surface area contributed by atoms with Crippen LogP contribution in [0.2, 0.25) is 0 Å². The number of rotatable bonds is 6. The number of nitrogens with one attached hydrogen (secondary N) is 1. The number of hydrogen-bond donors (Lipinski definition) is 2. The van der Waals surface area contributed by atoms with Crippen molar-refractivity contribution in [1.29, 1.82) is 0 Å². The lowest BCUT2D eigenvalue weighted by atomic mass is 10.2. The Bertz CT molecular complexity index is 486. The highest BCUT2D eigenvalue weighted by molar-refractivity contribution is 5.93. The van der Waals surface area contributed by atoms with Gasteiger partial charge in [-0.25, -0.2) is 0 Å². The molecule has 0 unspecified atom stereocenters. The highest BCUT2D eigenvalue weighted by Crippen LogP contribution is 2.31. The maximum atomic E-state index is 11.5. The molecule has 1 heterocycles. The van der Waals surface area contributed by atoms with Crippen molar-refractivity contribution in [1.82, 2.24) is 10.3 Å². The van der Waals surface area contributed by atoms with Gasteiger partial charge in [-0.3, -0.25) is 14.6 Å². The summed E-state index contributed by atoms with van der Waals surface area (Å²) in [5.41, 5.74) is 1.02. The second-order valence-electron chi connectivity index (χ2n) is 4.70. The molecule has 6 heteroatoms. The third-order valence-corrected chi connectivity index (χ3v) is 3.07. The summed E-state index contributed by atoms with van der Waals surface area (Å²) in [6, 6.07) is 3.36. The van der Waals surface area contributed by atoms with E-state index in [4.69, 9.17) is 5.11 Å². The quantitative estimate of drug-likeness (QED) is 0.791. The number of carboxylic acid groups (broad SMARTS) is 1. The van der Waals surface area contributed by atoms with Crippen molar-refractivity contribution in [3.05, 3.63) is 24.0 Å². The van der Waals surface area contributed by atoms with Crippen LogP contribution in [0.1, 0.15) is 23.3 Å². The Morgan fingerprint density at radius 1 is 1.53 bits per heavy atom. The molecule has 1 aromatic rings. The first-order valence-electron chi connectivity index (χ1n) is 6.25. The molecule has 1 aliphatic carbocycles. The summed E-state index contributed by atoms with van der Waals surface area (Å²) < 4.78 is 0. The van der Waals surface area contributed by atoms with Gasteiger partial charge in [0.1, 0.15) is 12.2 Å². The van der Waals surface area contributed by atoms with Gasteiger partial charge in [-0.2, -0.15) is 0 Å². The lowest BCUT2D eigenvalue weighted by Gasteiger charge is -2.22. The van der Waals surface area contributed by atoms with Crippen molar-refractivity contribution in [2.24, 2.45) is 5.92 Å². The Morgan fingerprint density at radius 2 is 2.26 bits per heavy atom. The molecule has 6 nitrogen and oxygen atoms in total. The van der Waals surface area contributed by atoms with Crippen LogP contribution in [-0.4, -0.2) is 42.1 Å². The van der Waals surface area contributed by atoms with Gasteiger partial charge in [0.15, 0.2) is 0 Å². The maximum Gasteiger partial charge on any atom is 0.323 e. The van der Waals surface area contributed by atoms with E-state index in [1.165, 1.54) is 13.2 Å². The molecule has 0 aliphatic heterocycles. The Morgan fingerprint density at radius 3 is 2.84 bits per heavy atom. The lowest BCUT2D eigenvalue weighted by molar-refractivity contribution is -0.135. The number of carbonyl (C=O) groups is 2. The zero-order valence-electron chi connectivity index (χ0n) is 10.8. The highest BCUT2D eigenvalue weighted by atomic mass is 16.4. The summed E-state index contributed by atoms with van der Waals surface area (Å²) in [7, 11) is 1.54. The molecule has 1 aliphatic rings. The van der Waals surface area contributed by atoms with E-state index in [0.29, 0.717) is 18.2 Å². The molecule has 1 fully saturated rings. The molecule has 1 aromatic heterocycles. The van der Waals surface area contributed by atoms with E-state index in [2.05, 4.69) is 10.3 Å². The summed E-state index contributed by atoms with van der Waals surface area (Å²) in [5.74, 6) is -0.585. The third-order valence-electron chi connectivity index (χ3n) is 3.07. The smallest absolute Gasteiger partial charge is 0.323 e. The fourth-order valence-corrected chi connectivity index (χ4v) is 1.90. The average molecular weight is 263 g/mol. The topological polar surface area (TPSA) is 82.5 Å². The fraction of sp³-hybridized carbons (Fsp3) is 0.462. The minimum Gasteiger partial charge on any atom is -0.480 e. The van der Waals surface area contributed by atoms with Crippen molar-refractivity contribution in [3.63, 3.8) is 0 Å². The van der Waals surface area contributed by atoms with E-state index in [-0.39, 0.29) is 12.5 Å². The summed E-state index contributed by atoms with van der Waals surface area (Å²) in [5, 5.41) is 11.5. The van der Waals surface area contributed by atoms with Crippen LogP contribution in [-0.2, 0) is 4.79 Å². The molecule has 2 rings (SSSR count). The van der Waals surface area contributed by atoms with Gasteiger partial charge in [-0.1, -0.05) is 0 Å². The van der Waals surface area contributed by atoms with Gasteiger partial charge in [-0.05, 0) is 30.9 Å². The SMILES string of the molecule is CNC(=O)c1cc(N(CC(=O)O)CC2CC2)ccn1. The monoisotopic (exact) mass is 263 g/mol. The van der Waals surface area contributed by atoms with Crippen LogP contribution in [0, 0.1) is 5.92 Å². The Kier molecular flexibility index (Phi) is 3.99. The summed E-state index contributed by atoms with van der Waals surface area (Å²) in [6.45, 7) is 0.650. The number of carbonyl (C=O) groups excluding carboxylic acids is 1. The molecule has 0 spiro atoms. The van der Waals surface area contributed by atoms with E-state index < -0.39 is 5.97 Å². The number of pyridine rings is 1. The van der Waals surface area contributed by atoms with E-state index in [1.807, 2.05) is 0 Å². The molecular formula is C13H17N3O3. The molecule has 2 N–H and O–H groups in total. The van der Waals surface area contributed by atoms with Crippen LogP contribution in [0.25, 0.3) is 0 Å². The maximum absolute atomic E-state index is 11.5. The highest BCUT2D eigenvalue weighted by Gasteiger charge is 2.25. The van der Waals surface area contributed by atoms with Gasteiger partial charge in [-0.15, -0.1) is 0 Å². The third kappa shape index (κ3) is 3.67. The van der Waals surface area contributed by atoms with Crippen LogP contribution in [0.5, 0.6) is 0 Å². The molecule has 0 radical (unpaired) electrons. The predicted molar refractivity (Wildman–Crippen MR) is 70.2 cm³/mol. The first-order chi connectivity index (χ1) is 9.10. The van der Waals surface area contributed by atoms with Crippen LogP contribution in [0.3, 0.4) is 0 Å². The number of nitrogens with zero attached hydrogens (tertiary/aromatic N) is 2. The summed E-state index contributed by atoms with van der Waals surface area (Å²) in [6.07, 6.45) is 3.81. The zero-order valence-corrected chi connectivity index (χ0v) is 10.8. The number of carboxylic acids is 1. The van der Waals surface area contributed by atoms with Crippen molar-refractivity contribution < 1.29 is 14.7 Å². The molecule has 0 bridgehead atoms. The molecule has 102 valence electrons. The molecular weight excluding hydrogens is 246 g/mol. The number of anilines is 1. The zero-order chi connectivity index (χ0) is 13.8. The molecule has 1 amide bonds. The van der Waals surface area contributed by atoms with Gasteiger partial charge >= 0.3 is 5.97 Å². The summed E-state index contributed by atoms with van der Waals surface area (Å²) >= 11 is 0. The minimum absolute atomic E-state index is 0.0618. The second-order valence-corrected chi connectivity index (χ2v) is 4.70. The van der Waals surface area contributed by atoms with E-state index >= 15 is 0 Å². The van der Waals surface area contributed by atoms with Crippen molar-refractivity contribution in [2.75, 3.05) is 25.0 Å². The summed E-state index contributed by atoms with van der Waals surface area (Å²) in [4.78, 5) is 28.2. The Balaban J connectivity index is 2.19. The number of amides is 1. The standard InChI is InChI=1S/C13H17N3O3/c1-14-13(19)11-6-10(4-5-15-11)16(8-12(17)18)7-9-2-3-9/h4-6,9H,2-3,7-8H2,1H3,(H,14,19)(H,17,18). The Hall–Kier alpha value is -2.11. The largest absolute Gasteiger partial charge is 0.480 e. The van der Waals surface area contributed by atoms with E-state index in [0.717, 1.165) is 18.5 Å². The minimum atomic E-state index is -0.876. The van der Waals surface area contributed by atoms with Crippen molar-refractivity contribution in [3.8, 4) is 0 Å². The lowest BCUT2D eigenvalue weighted by Crippen LogP contribution is -2.32. The molecule has 1 saturated carbocycles. The molecule has 0 saturated heterocycles. The van der Waals surface area contributed by atoms with E-state index in [9.17, 15) is 9.59 Å². The normalized spacial score (nSPS) is 13.9. The number of aromatic nitrogens is 1. The van der Waals surface area contributed by atoms with Gasteiger partial charge < -0.3 is 15.3 Å². The first-order valence-corrected chi connectivity index (χ1v) is 6.25. The number of hydrogen-bond acceptors (Lipinski definition) is 4. The molecule has 0 aromatic carbocycles. The van der Waals surface area contributed by atoms with Gasteiger partial charge in [0.05, 0.1) is 0 Å². The van der Waals surface area contributed by atoms with E-state index in [1.54, 1.807) is 17.0 Å². The van der Waals surface area contributed by atoms with Crippen LogP contribution in [0.15, 0.2) is 18.3 Å². The fourth-order valence-electron chi connectivity index (χ4n) is 1.90. The molecule has 19 heavy (non-hydrogen) atoms. The van der Waals surface area contributed by atoms with Crippen molar-refractivity contribution >= 4 is 17.6 Å². The van der Waals surface area contributed by atoms with Gasteiger partial charge in [0.2, 0.25) is 0 Å². The van der Waals surface area contributed by atoms with Crippen LogP contribution in [0.4, 0.5) is 5.69 Å². The second kappa shape index (κ2) is 5.69. The first kappa shape index (κ1) is 13.3. The van der Waals surface area contributed by atoms with Gasteiger partial charge in [0.25, 0.3) is 5.91 Å². The van der Waals surface area contributed by atoms with Crippen LogP contribution < -0.4 is 10.2 Å². The number of aliphatic carboxylic acids is 1. The Labute approximate surface area is 111 Å². The average Bonchev–Trinajstić information content (AvgIpc) is 3.20.